The van der Waals surface area contributed by atoms with Crippen LogP contribution in [0.3, 0.4) is 0 Å². The Morgan fingerprint density at radius 3 is 2.41 bits per heavy atom. The zero-order valence-electron chi connectivity index (χ0n) is 9.18. The number of aromatic nitrogens is 2. The third-order valence-corrected chi connectivity index (χ3v) is 3.59. The first-order valence-corrected chi connectivity index (χ1v) is 6.29. The van der Waals surface area contributed by atoms with Gasteiger partial charge in [-0.3, -0.25) is 4.68 Å². The second kappa shape index (κ2) is 4.34. The van der Waals surface area contributed by atoms with Crippen molar-refractivity contribution in [3.05, 3.63) is 64.8 Å². The molecule has 0 atom stereocenters. The lowest BCUT2D eigenvalue weighted by Gasteiger charge is -2.02. The van der Waals surface area contributed by atoms with Crippen molar-refractivity contribution in [2.24, 2.45) is 0 Å². The maximum Gasteiger partial charge on any atom is 0.112 e. The number of halogens is 1. The van der Waals surface area contributed by atoms with Crippen LogP contribution in [0, 0.1) is 0 Å². The molecule has 0 unspecified atom stereocenters. The molecule has 0 aliphatic heterocycles. The molecular weight excluding hydrogens is 276 g/mol. The lowest BCUT2D eigenvalue weighted by molar-refractivity contribution is 0.680. The molecule has 1 heterocycles. The van der Waals surface area contributed by atoms with Gasteiger partial charge in [-0.2, -0.15) is 5.10 Å². The fourth-order valence-electron chi connectivity index (χ4n) is 1.91. The van der Waals surface area contributed by atoms with Crippen molar-refractivity contribution in [1.29, 1.82) is 0 Å². The number of fused-ring (bicyclic) bond motifs is 1. The Bertz CT molecular complexity index is 644. The highest BCUT2D eigenvalue weighted by atomic mass is 79.9. The number of benzene rings is 2. The number of hydrogen-bond acceptors (Lipinski definition) is 1. The van der Waals surface area contributed by atoms with Crippen molar-refractivity contribution in [1.82, 2.24) is 9.78 Å². The lowest BCUT2D eigenvalue weighted by atomic mass is 10.2. The van der Waals surface area contributed by atoms with Crippen LogP contribution < -0.4 is 0 Å². The molecule has 0 saturated heterocycles. The maximum absolute atomic E-state index is 4.58. The standard InChI is InChI=1S/C14H11BrN2/c15-14-12-8-4-5-9-13(12)16-17(14)10-11-6-2-1-3-7-11/h1-9H,10H2. The van der Waals surface area contributed by atoms with Crippen LogP contribution in [0.1, 0.15) is 5.56 Å². The molecule has 2 nitrogen and oxygen atoms in total. The van der Waals surface area contributed by atoms with Crippen LogP contribution in [0.25, 0.3) is 10.9 Å². The molecule has 17 heavy (non-hydrogen) atoms. The Balaban J connectivity index is 2.04. The summed E-state index contributed by atoms with van der Waals surface area (Å²) in [6, 6.07) is 18.5. The highest BCUT2D eigenvalue weighted by Crippen LogP contribution is 2.23. The molecular formula is C14H11BrN2. The second-order valence-corrected chi connectivity index (χ2v) is 4.70. The van der Waals surface area contributed by atoms with Crippen LogP contribution in [0.4, 0.5) is 0 Å². The summed E-state index contributed by atoms with van der Waals surface area (Å²) in [5.74, 6) is 0. The van der Waals surface area contributed by atoms with E-state index in [4.69, 9.17) is 0 Å². The lowest BCUT2D eigenvalue weighted by Crippen LogP contribution is -2.01. The fourth-order valence-corrected chi connectivity index (χ4v) is 2.45. The first kappa shape index (κ1) is 10.5. The molecule has 3 rings (SSSR count). The smallest absolute Gasteiger partial charge is 0.112 e. The van der Waals surface area contributed by atoms with Crippen LogP contribution in [-0.2, 0) is 6.54 Å². The topological polar surface area (TPSA) is 17.8 Å². The monoisotopic (exact) mass is 286 g/mol. The van der Waals surface area contributed by atoms with E-state index in [-0.39, 0.29) is 0 Å². The summed E-state index contributed by atoms with van der Waals surface area (Å²) in [5, 5.41) is 5.73. The molecule has 0 amide bonds. The van der Waals surface area contributed by atoms with E-state index >= 15 is 0 Å². The normalized spacial score (nSPS) is 10.9. The van der Waals surface area contributed by atoms with Crippen molar-refractivity contribution in [3.8, 4) is 0 Å². The second-order valence-electron chi connectivity index (χ2n) is 3.95. The zero-order chi connectivity index (χ0) is 11.7. The zero-order valence-corrected chi connectivity index (χ0v) is 10.8. The Morgan fingerprint density at radius 2 is 1.65 bits per heavy atom. The summed E-state index contributed by atoms with van der Waals surface area (Å²) in [6.07, 6.45) is 0. The highest BCUT2D eigenvalue weighted by Gasteiger charge is 2.07. The summed E-state index contributed by atoms with van der Waals surface area (Å²) < 4.78 is 3.02. The van der Waals surface area contributed by atoms with Gasteiger partial charge < -0.3 is 0 Å². The molecule has 0 aliphatic rings. The summed E-state index contributed by atoms with van der Waals surface area (Å²) >= 11 is 3.61. The third kappa shape index (κ3) is 1.98. The van der Waals surface area contributed by atoms with Gasteiger partial charge in [-0.1, -0.05) is 48.5 Å². The number of nitrogens with zero attached hydrogens (tertiary/aromatic N) is 2. The van der Waals surface area contributed by atoms with Crippen molar-refractivity contribution in [2.75, 3.05) is 0 Å². The number of hydrogen-bond donors (Lipinski definition) is 0. The average molecular weight is 287 g/mol. The van der Waals surface area contributed by atoms with E-state index in [9.17, 15) is 0 Å². The summed E-state index contributed by atoms with van der Waals surface area (Å²) in [7, 11) is 0. The van der Waals surface area contributed by atoms with Crippen LogP contribution in [0.5, 0.6) is 0 Å². The largest absolute Gasteiger partial charge is 0.253 e. The Kier molecular flexibility index (Phi) is 2.69. The minimum atomic E-state index is 0.788. The predicted molar refractivity (Wildman–Crippen MR) is 73.0 cm³/mol. The van der Waals surface area contributed by atoms with E-state index in [0.29, 0.717) is 0 Å². The Labute approximate surface area is 108 Å². The maximum atomic E-state index is 4.58. The van der Waals surface area contributed by atoms with Crippen LogP contribution >= 0.6 is 15.9 Å². The molecule has 0 aliphatic carbocycles. The van der Waals surface area contributed by atoms with Gasteiger partial charge in [0.1, 0.15) is 4.60 Å². The molecule has 0 spiro atoms. The molecule has 3 aromatic rings. The van der Waals surface area contributed by atoms with Gasteiger partial charge in [-0.15, -0.1) is 0 Å². The summed E-state index contributed by atoms with van der Waals surface area (Å²) in [5.41, 5.74) is 2.27. The van der Waals surface area contributed by atoms with Gasteiger partial charge in [0.05, 0.1) is 12.1 Å². The SMILES string of the molecule is Brc1c2ccccc2nn1Cc1ccccc1. The molecule has 2 aromatic carbocycles. The minimum Gasteiger partial charge on any atom is -0.253 e. The van der Waals surface area contributed by atoms with Crippen molar-refractivity contribution in [2.45, 2.75) is 6.54 Å². The van der Waals surface area contributed by atoms with Gasteiger partial charge in [0, 0.05) is 5.39 Å². The molecule has 0 N–H and O–H groups in total. The van der Waals surface area contributed by atoms with E-state index < -0.39 is 0 Å². The van der Waals surface area contributed by atoms with E-state index in [1.807, 2.05) is 41.1 Å². The van der Waals surface area contributed by atoms with Gasteiger partial charge >= 0.3 is 0 Å². The van der Waals surface area contributed by atoms with Gasteiger partial charge in [0.15, 0.2) is 0 Å². The van der Waals surface area contributed by atoms with Gasteiger partial charge in [0.25, 0.3) is 0 Å². The van der Waals surface area contributed by atoms with Crippen LogP contribution in [0.2, 0.25) is 0 Å². The Hall–Kier alpha value is -1.61. The first-order chi connectivity index (χ1) is 8.34. The molecule has 0 saturated carbocycles. The average Bonchev–Trinajstić information content (AvgIpc) is 2.68. The van der Waals surface area contributed by atoms with Crippen molar-refractivity contribution >= 4 is 26.8 Å². The predicted octanol–water partition coefficient (Wildman–Crippen LogP) is 3.85. The molecule has 1 aromatic heterocycles. The first-order valence-electron chi connectivity index (χ1n) is 5.49. The van der Waals surface area contributed by atoms with Crippen LogP contribution in [-0.4, -0.2) is 9.78 Å². The van der Waals surface area contributed by atoms with Crippen molar-refractivity contribution < 1.29 is 0 Å². The Morgan fingerprint density at radius 1 is 0.941 bits per heavy atom. The molecule has 0 bridgehead atoms. The van der Waals surface area contributed by atoms with Gasteiger partial charge in [0.2, 0.25) is 0 Å². The van der Waals surface area contributed by atoms with Gasteiger partial charge in [-0.05, 0) is 27.6 Å². The highest BCUT2D eigenvalue weighted by molar-refractivity contribution is 9.10. The summed E-state index contributed by atoms with van der Waals surface area (Å²) in [6.45, 7) is 0.788. The molecule has 0 fully saturated rings. The minimum absolute atomic E-state index is 0.788. The fraction of sp³-hybridized carbons (Fsp3) is 0.0714. The quantitative estimate of drug-likeness (QED) is 0.700. The molecule has 0 radical (unpaired) electrons. The van der Waals surface area contributed by atoms with E-state index in [0.717, 1.165) is 22.1 Å². The van der Waals surface area contributed by atoms with E-state index in [1.54, 1.807) is 0 Å². The van der Waals surface area contributed by atoms with Crippen LogP contribution in [0.15, 0.2) is 59.2 Å². The van der Waals surface area contributed by atoms with E-state index in [2.05, 4.69) is 39.2 Å². The van der Waals surface area contributed by atoms with E-state index in [1.165, 1.54) is 5.56 Å². The number of rotatable bonds is 2. The summed E-state index contributed by atoms with van der Waals surface area (Å²) in [4.78, 5) is 0. The molecule has 3 heteroatoms. The molecule has 84 valence electrons. The van der Waals surface area contributed by atoms with Crippen molar-refractivity contribution in [3.63, 3.8) is 0 Å². The third-order valence-electron chi connectivity index (χ3n) is 2.76. The van der Waals surface area contributed by atoms with Gasteiger partial charge in [-0.25, -0.2) is 0 Å².